The standard InChI is InChI=1S/C18H16BrN3O4S2/c1-11(16(23)12-6-8-15(9-7-12)22-28(2,24)25)27-18-21-20-17(26-18)13-4-3-5-14(19)10-13/h3-11,22H,1-2H3/t11-/m0/s1. The average molecular weight is 482 g/mol. The van der Waals surface area contributed by atoms with Crippen LogP contribution in [0.3, 0.4) is 0 Å². The Labute approximate surface area is 175 Å². The molecular formula is C18H16BrN3O4S2. The van der Waals surface area contributed by atoms with Crippen LogP contribution in [-0.4, -0.2) is 35.9 Å². The molecule has 1 N–H and O–H groups in total. The van der Waals surface area contributed by atoms with Crippen molar-refractivity contribution in [2.45, 2.75) is 17.4 Å². The Morgan fingerprint density at radius 2 is 1.89 bits per heavy atom. The number of ketones is 1. The van der Waals surface area contributed by atoms with Gasteiger partial charge in [-0.2, -0.15) is 0 Å². The topological polar surface area (TPSA) is 102 Å². The second kappa shape index (κ2) is 8.46. The lowest BCUT2D eigenvalue weighted by Gasteiger charge is -2.09. The predicted molar refractivity (Wildman–Crippen MR) is 112 cm³/mol. The SMILES string of the molecule is C[C@H](Sc1nnc(-c2cccc(Br)c2)o1)C(=O)c1ccc(NS(C)(=O)=O)cc1. The smallest absolute Gasteiger partial charge is 0.277 e. The van der Waals surface area contributed by atoms with Gasteiger partial charge in [-0.3, -0.25) is 9.52 Å². The van der Waals surface area contributed by atoms with Crippen LogP contribution in [0, 0.1) is 0 Å². The first kappa shape index (κ1) is 20.6. The Kier molecular flexibility index (Phi) is 6.21. The van der Waals surface area contributed by atoms with Crippen molar-refractivity contribution in [2.24, 2.45) is 0 Å². The molecule has 3 rings (SSSR count). The molecule has 0 amide bonds. The third-order valence-corrected chi connectivity index (χ3v) is 5.63. The molecule has 2 aromatic carbocycles. The first-order valence-corrected chi connectivity index (χ1v) is 11.7. The third-order valence-electron chi connectivity index (χ3n) is 3.60. The normalized spacial score (nSPS) is 12.5. The number of carbonyl (C=O) groups excluding carboxylic acids is 1. The second-order valence-corrected chi connectivity index (χ2v) is 9.92. The minimum absolute atomic E-state index is 0.127. The summed E-state index contributed by atoms with van der Waals surface area (Å²) in [4.78, 5) is 12.6. The molecule has 0 bridgehead atoms. The van der Waals surface area contributed by atoms with E-state index in [1.165, 1.54) is 11.8 Å². The molecule has 7 nitrogen and oxygen atoms in total. The van der Waals surface area contributed by atoms with Crippen LogP contribution < -0.4 is 4.72 Å². The van der Waals surface area contributed by atoms with E-state index in [9.17, 15) is 13.2 Å². The number of hydrogen-bond donors (Lipinski definition) is 1. The van der Waals surface area contributed by atoms with Crippen molar-refractivity contribution in [3.8, 4) is 11.5 Å². The van der Waals surface area contributed by atoms with E-state index < -0.39 is 15.3 Å². The summed E-state index contributed by atoms with van der Waals surface area (Å²) in [7, 11) is -3.36. The molecule has 0 aliphatic heterocycles. The molecule has 0 radical (unpaired) electrons. The number of benzene rings is 2. The number of nitrogens with zero attached hydrogens (tertiary/aromatic N) is 2. The Balaban J connectivity index is 1.67. The van der Waals surface area contributed by atoms with Crippen molar-refractivity contribution in [1.29, 1.82) is 0 Å². The van der Waals surface area contributed by atoms with Gasteiger partial charge in [-0.1, -0.05) is 33.8 Å². The van der Waals surface area contributed by atoms with Gasteiger partial charge in [0, 0.05) is 21.3 Å². The van der Waals surface area contributed by atoms with E-state index in [0.717, 1.165) is 16.3 Å². The van der Waals surface area contributed by atoms with E-state index in [1.54, 1.807) is 31.2 Å². The lowest BCUT2D eigenvalue weighted by atomic mass is 10.1. The van der Waals surface area contributed by atoms with Gasteiger partial charge in [0.2, 0.25) is 15.9 Å². The number of nitrogens with one attached hydrogen (secondary N) is 1. The van der Waals surface area contributed by atoms with Gasteiger partial charge in [-0.05, 0) is 49.4 Å². The third kappa shape index (κ3) is 5.43. The van der Waals surface area contributed by atoms with Gasteiger partial charge < -0.3 is 4.42 Å². The highest BCUT2D eigenvalue weighted by Gasteiger charge is 2.20. The van der Waals surface area contributed by atoms with Crippen LogP contribution in [0.4, 0.5) is 5.69 Å². The van der Waals surface area contributed by atoms with Crippen LogP contribution in [0.1, 0.15) is 17.3 Å². The monoisotopic (exact) mass is 481 g/mol. The summed E-state index contributed by atoms with van der Waals surface area (Å²) in [5.41, 5.74) is 1.64. The van der Waals surface area contributed by atoms with E-state index >= 15 is 0 Å². The first-order chi connectivity index (χ1) is 13.2. The summed E-state index contributed by atoms with van der Waals surface area (Å²) < 4.78 is 31.4. The van der Waals surface area contributed by atoms with Crippen molar-refractivity contribution >= 4 is 49.2 Å². The molecule has 10 heteroatoms. The zero-order valence-electron chi connectivity index (χ0n) is 14.9. The average Bonchev–Trinajstić information content (AvgIpc) is 3.09. The van der Waals surface area contributed by atoms with Crippen LogP contribution in [0.2, 0.25) is 0 Å². The molecule has 28 heavy (non-hydrogen) atoms. The summed E-state index contributed by atoms with van der Waals surface area (Å²) in [6.07, 6.45) is 1.07. The predicted octanol–water partition coefficient (Wildman–Crippen LogP) is 4.23. The van der Waals surface area contributed by atoms with Crippen molar-refractivity contribution in [3.63, 3.8) is 0 Å². The maximum absolute atomic E-state index is 12.6. The Bertz CT molecular complexity index is 1100. The Morgan fingerprint density at radius 3 is 2.54 bits per heavy atom. The highest BCUT2D eigenvalue weighted by Crippen LogP contribution is 2.29. The van der Waals surface area contributed by atoms with E-state index in [2.05, 4.69) is 30.8 Å². The number of hydrogen-bond acceptors (Lipinski definition) is 7. The van der Waals surface area contributed by atoms with Crippen molar-refractivity contribution < 1.29 is 17.6 Å². The number of Topliss-reactive ketones (excluding diaryl/α,β-unsaturated/α-hetero) is 1. The maximum atomic E-state index is 12.6. The molecule has 0 spiro atoms. The van der Waals surface area contributed by atoms with Crippen molar-refractivity contribution in [3.05, 3.63) is 58.6 Å². The van der Waals surface area contributed by atoms with Gasteiger partial charge in [-0.25, -0.2) is 8.42 Å². The van der Waals surface area contributed by atoms with E-state index in [4.69, 9.17) is 4.42 Å². The Hall–Kier alpha value is -2.17. The number of rotatable bonds is 7. The number of aromatic nitrogens is 2. The minimum atomic E-state index is -3.36. The summed E-state index contributed by atoms with van der Waals surface area (Å²) in [6.45, 7) is 1.75. The molecule has 146 valence electrons. The van der Waals surface area contributed by atoms with Crippen LogP contribution in [0.5, 0.6) is 0 Å². The number of sulfonamides is 1. The van der Waals surface area contributed by atoms with Crippen molar-refractivity contribution in [2.75, 3.05) is 11.0 Å². The number of carbonyl (C=O) groups is 1. The number of halogens is 1. The van der Waals surface area contributed by atoms with E-state index in [-0.39, 0.29) is 5.78 Å². The summed E-state index contributed by atoms with van der Waals surface area (Å²) >= 11 is 4.56. The first-order valence-electron chi connectivity index (χ1n) is 8.09. The van der Waals surface area contributed by atoms with E-state index in [1.807, 2.05) is 24.3 Å². The highest BCUT2D eigenvalue weighted by molar-refractivity contribution is 9.10. The molecular weight excluding hydrogens is 466 g/mol. The van der Waals surface area contributed by atoms with Gasteiger partial charge in [0.25, 0.3) is 5.22 Å². The molecule has 0 aliphatic rings. The fourth-order valence-electron chi connectivity index (χ4n) is 2.35. The van der Waals surface area contributed by atoms with Crippen molar-refractivity contribution in [1.82, 2.24) is 10.2 Å². The number of thioether (sulfide) groups is 1. The lowest BCUT2D eigenvalue weighted by Crippen LogP contribution is -2.14. The quantitative estimate of drug-likeness (QED) is 0.397. The Morgan fingerprint density at radius 1 is 1.18 bits per heavy atom. The van der Waals surface area contributed by atoms with Gasteiger partial charge in [-0.15, -0.1) is 10.2 Å². The van der Waals surface area contributed by atoms with Crippen LogP contribution in [-0.2, 0) is 10.0 Å². The second-order valence-electron chi connectivity index (χ2n) is 5.96. The van der Waals surface area contributed by atoms with Crippen LogP contribution in [0.15, 0.2) is 62.6 Å². The molecule has 1 atom stereocenters. The lowest BCUT2D eigenvalue weighted by molar-refractivity contribution is 0.0993. The zero-order valence-corrected chi connectivity index (χ0v) is 18.1. The van der Waals surface area contributed by atoms with Gasteiger partial charge in [0.1, 0.15) is 0 Å². The molecule has 1 heterocycles. The van der Waals surface area contributed by atoms with Gasteiger partial charge in [0.15, 0.2) is 5.78 Å². The summed E-state index contributed by atoms with van der Waals surface area (Å²) in [5, 5.41) is 7.86. The molecule has 1 aromatic heterocycles. The molecule has 0 saturated carbocycles. The zero-order chi connectivity index (χ0) is 20.3. The molecule has 3 aromatic rings. The summed E-state index contributed by atoms with van der Waals surface area (Å²) in [5.74, 6) is 0.248. The maximum Gasteiger partial charge on any atom is 0.277 e. The molecule has 0 saturated heterocycles. The van der Waals surface area contributed by atoms with Gasteiger partial charge >= 0.3 is 0 Å². The number of anilines is 1. The molecule has 0 unspecified atom stereocenters. The van der Waals surface area contributed by atoms with E-state index in [0.29, 0.717) is 22.4 Å². The van der Waals surface area contributed by atoms with Crippen LogP contribution >= 0.6 is 27.7 Å². The minimum Gasteiger partial charge on any atom is -0.411 e. The largest absolute Gasteiger partial charge is 0.411 e. The fraction of sp³-hybridized carbons (Fsp3) is 0.167. The van der Waals surface area contributed by atoms with Crippen LogP contribution in [0.25, 0.3) is 11.5 Å². The summed E-state index contributed by atoms with van der Waals surface area (Å²) in [6, 6.07) is 13.7. The molecule has 0 aliphatic carbocycles. The van der Waals surface area contributed by atoms with Gasteiger partial charge in [0.05, 0.1) is 11.5 Å². The highest BCUT2D eigenvalue weighted by atomic mass is 79.9. The molecule has 0 fully saturated rings. The fourth-order valence-corrected chi connectivity index (χ4v) is 4.08.